The predicted octanol–water partition coefficient (Wildman–Crippen LogP) is 4.08. The highest BCUT2D eigenvalue weighted by molar-refractivity contribution is 5.76. The van der Waals surface area contributed by atoms with Gasteiger partial charge in [-0.1, -0.05) is 52.2 Å². The molecule has 2 aliphatic carbocycles. The minimum Gasteiger partial charge on any atom is -0.461 e. The molecule has 1 aliphatic heterocycles. The molecule has 0 aromatic rings. The second-order valence-corrected chi connectivity index (χ2v) is 10.1. The number of quaternary nitrogens is 1. The molecular weight excluding hydrogens is 322 g/mol. The van der Waals surface area contributed by atoms with Gasteiger partial charge in [0.25, 0.3) is 0 Å². The lowest BCUT2D eigenvalue weighted by molar-refractivity contribution is -0.690. The van der Waals surface area contributed by atoms with E-state index < -0.39 is 0 Å². The van der Waals surface area contributed by atoms with Gasteiger partial charge < -0.3 is 10.1 Å². The van der Waals surface area contributed by atoms with Crippen LogP contribution in [0.4, 0.5) is 0 Å². The van der Waals surface area contributed by atoms with Crippen molar-refractivity contribution < 1.29 is 14.8 Å². The van der Waals surface area contributed by atoms with Crippen LogP contribution in [-0.2, 0) is 9.53 Å². The summed E-state index contributed by atoms with van der Waals surface area (Å²) in [6.07, 6.45) is 11.3. The average Bonchev–Trinajstić information content (AvgIpc) is 2.84. The number of nitrogens with two attached hydrogens (primary N) is 1. The number of carbonyl (C=O) groups excluding carboxylic acids is 1. The summed E-state index contributed by atoms with van der Waals surface area (Å²) in [6, 6.07) is 0.593. The Kier molecular flexibility index (Phi) is 6.16. The third kappa shape index (κ3) is 4.18. The van der Waals surface area contributed by atoms with E-state index in [0.29, 0.717) is 17.9 Å². The molecule has 3 heteroatoms. The maximum atomic E-state index is 12.6. The SMILES string of the molecule is CC(C)CCC[C@H](C)[NH2+]C[C@@H]1C(=O)O[C@@H]2C[C@@]3(C)CCC[C@@H](C)C3=C[C@H]12. The minimum atomic E-state index is 0.0531. The van der Waals surface area contributed by atoms with Crippen molar-refractivity contribution >= 4 is 5.97 Å². The smallest absolute Gasteiger partial charge is 0.315 e. The van der Waals surface area contributed by atoms with Crippen LogP contribution in [0, 0.1) is 29.1 Å². The zero-order valence-electron chi connectivity index (χ0n) is 17.6. The molecule has 0 spiro atoms. The van der Waals surface area contributed by atoms with E-state index in [1.165, 1.54) is 38.5 Å². The zero-order chi connectivity index (χ0) is 18.9. The fourth-order valence-electron chi connectivity index (χ4n) is 5.66. The van der Waals surface area contributed by atoms with Crippen molar-refractivity contribution in [1.29, 1.82) is 0 Å². The molecule has 6 atom stereocenters. The largest absolute Gasteiger partial charge is 0.461 e. The fourth-order valence-corrected chi connectivity index (χ4v) is 5.66. The van der Waals surface area contributed by atoms with E-state index >= 15 is 0 Å². The monoisotopic (exact) mass is 362 g/mol. The first-order chi connectivity index (χ1) is 12.3. The van der Waals surface area contributed by atoms with Gasteiger partial charge in [-0.05, 0) is 56.3 Å². The lowest BCUT2D eigenvalue weighted by atomic mass is 9.59. The minimum absolute atomic E-state index is 0.0531. The molecule has 0 radical (unpaired) electrons. The van der Waals surface area contributed by atoms with Gasteiger partial charge in [-0.2, -0.15) is 0 Å². The molecule has 1 heterocycles. The van der Waals surface area contributed by atoms with Gasteiger partial charge in [0, 0.05) is 5.92 Å². The summed E-state index contributed by atoms with van der Waals surface area (Å²) >= 11 is 0. The molecule has 0 amide bonds. The number of allylic oxidation sites excluding steroid dienone is 1. The molecule has 0 bridgehead atoms. The highest BCUT2D eigenvalue weighted by atomic mass is 16.6. The maximum absolute atomic E-state index is 12.6. The van der Waals surface area contributed by atoms with Crippen molar-refractivity contribution in [2.75, 3.05) is 6.54 Å². The Morgan fingerprint density at radius 3 is 2.81 bits per heavy atom. The van der Waals surface area contributed by atoms with Crippen LogP contribution in [0.5, 0.6) is 0 Å². The van der Waals surface area contributed by atoms with E-state index in [2.05, 4.69) is 46.0 Å². The number of ether oxygens (including phenoxy) is 1. The van der Waals surface area contributed by atoms with E-state index in [0.717, 1.165) is 18.9 Å². The van der Waals surface area contributed by atoms with Crippen LogP contribution in [0.15, 0.2) is 11.6 Å². The topological polar surface area (TPSA) is 42.9 Å². The summed E-state index contributed by atoms with van der Waals surface area (Å²) in [4.78, 5) is 12.6. The summed E-state index contributed by atoms with van der Waals surface area (Å²) in [6.45, 7) is 12.5. The fraction of sp³-hybridized carbons (Fsp3) is 0.870. The van der Waals surface area contributed by atoms with Crippen LogP contribution >= 0.6 is 0 Å². The van der Waals surface area contributed by atoms with Gasteiger partial charge >= 0.3 is 5.97 Å². The molecule has 0 aromatic heterocycles. The number of hydrogen-bond donors (Lipinski definition) is 1. The van der Waals surface area contributed by atoms with Crippen LogP contribution in [0.1, 0.15) is 79.6 Å². The molecule has 3 nitrogen and oxygen atoms in total. The lowest BCUT2D eigenvalue weighted by Crippen LogP contribution is -2.90. The van der Waals surface area contributed by atoms with Crippen molar-refractivity contribution in [2.45, 2.75) is 91.7 Å². The van der Waals surface area contributed by atoms with Gasteiger partial charge in [-0.15, -0.1) is 0 Å². The lowest BCUT2D eigenvalue weighted by Gasteiger charge is -2.45. The molecule has 1 saturated carbocycles. The Hall–Kier alpha value is -0.830. The maximum Gasteiger partial charge on any atom is 0.315 e. The molecule has 2 N–H and O–H groups in total. The van der Waals surface area contributed by atoms with Crippen molar-refractivity contribution in [3.05, 3.63) is 11.6 Å². The summed E-state index contributed by atoms with van der Waals surface area (Å²) in [5, 5.41) is 2.39. The molecule has 3 rings (SSSR count). The van der Waals surface area contributed by atoms with Gasteiger partial charge in [0.15, 0.2) is 0 Å². The second kappa shape index (κ2) is 8.04. The van der Waals surface area contributed by atoms with E-state index in [4.69, 9.17) is 4.74 Å². The number of esters is 1. The average molecular weight is 363 g/mol. The van der Waals surface area contributed by atoms with Crippen LogP contribution in [0.25, 0.3) is 0 Å². The first-order valence-electron chi connectivity index (χ1n) is 11.1. The van der Waals surface area contributed by atoms with Gasteiger partial charge in [-0.25, -0.2) is 0 Å². The summed E-state index contributed by atoms with van der Waals surface area (Å²) < 4.78 is 5.87. The highest BCUT2D eigenvalue weighted by Crippen LogP contribution is 2.53. The standard InChI is InChI=1S/C23H39NO2/c1-15(2)8-6-10-17(4)24-14-19-18-12-20-16(3)9-7-11-23(20,5)13-21(18)26-22(19)25/h12,15-19,21,24H,6-11,13-14H2,1-5H3/p+1/t16-,17+,18-,19+,21-,23-/m1/s1. The van der Waals surface area contributed by atoms with E-state index in [1.807, 2.05) is 0 Å². The van der Waals surface area contributed by atoms with Gasteiger partial charge in [0.05, 0.1) is 12.6 Å². The van der Waals surface area contributed by atoms with Crippen LogP contribution in [0.2, 0.25) is 0 Å². The highest BCUT2D eigenvalue weighted by Gasteiger charge is 2.52. The van der Waals surface area contributed by atoms with Gasteiger partial charge in [-0.3, -0.25) is 4.79 Å². The van der Waals surface area contributed by atoms with Crippen LogP contribution in [0.3, 0.4) is 0 Å². The van der Waals surface area contributed by atoms with Crippen molar-refractivity contribution in [3.63, 3.8) is 0 Å². The Balaban J connectivity index is 1.61. The molecular formula is C23H40NO2+. The first-order valence-corrected chi connectivity index (χ1v) is 11.1. The van der Waals surface area contributed by atoms with Crippen LogP contribution < -0.4 is 5.32 Å². The third-order valence-electron chi connectivity index (χ3n) is 7.31. The van der Waals surface area contributed by atoms with Crippen molar-refractivity contribution in [1.82, 2.24) is 0 Å². The number of hydrogen-bond acceptors (Lipinski definition) is 2. The number of fused-ring (bicyclic) bond motifs is 2. The molecule has 0 aromatic carbocycles. The molecule has 3 aliphatic rings. The predicted molar refractivity (Wildman–Crippen MR) is 106 cm³/mol. The summed E-state index contributed by atoms with van der Waals surface area (Å²) in [5.74, 6) is 1.87. The molecule has 0 unspecified atom stereocenters. The Morgan fingerprint density at radius 2 is 2.08 bits per heavy atom. The molecule has 1 saturated heterocycles. The second-order valence-electron chi connectivity index (χ2n) is 10.1. The van der Waals surface area contributed by atoms with Crippen molar-refractivity contribution in [2.24, 2.45) is 29.1 Å². The number of carbonyl (C=O) groups is 1. The Bertz CT molecular complexity index is 540. The summed E-state index contributed by atoms with van der Waals surface area (Å²) in [7, 11) is 0. The zero-order valence-corrected chi connectivity index (χ0v) is 17.6. The van der Waals surface area contributed by atoms with Crippen LogP contribution in [-0.4, -0.2) is 24.7 Å². The quantitative estimate of drug-likeness (QED) is 0.548. The van der Waals surface area contributed by atoms with E-state index in [1.54, 1.807) is 5.57 Å². The Labute approximate surface area is 160 Å². The molecule has 26 heavy (non-hydrogen) atoms. The van der Waals surface area contributed by atoms with E-state index in [9.17, 15) is 4.79 Å². The van der Waals surface area contributed by atoms with Crippen molar-refractivity contribution in [3.8, 4) is 0 Å². The summed E-state index contributed by atoms with van der Waals surface area (Å²) in [5.41, 5.74) is 1.89. The van der Waals surface area contributed by atoms with E-state index in [-0.39, 0.29) is 23.4 Å². The van der Waals surface area contributed by atoms with Gasteiger partial charge in [0.1, 0.15) is 12.0 Å². The third-order valence-corrected chi connectivity index (χ3v) is 7.31. The Morgan fingerprint density at radius 1 is 1.31 bits per heavy atom. The molecule has 148 valence electrons. The van der Waals surface area contributed by atoms with Gasteiger partial charge in [0.2, 0.25) is 0 Å². The normalized spacial score (nSPS) is 37.8. The molecule has 2 fully saturated rings. The number of rotatable bonds is 7. The first kappa shape index (κ1) is 19.9.